The highest BCUT2D eigenvalue weighted by Crippen LogP contribution is 2.10. The minimum atomic E-state index is -0.592. The van der Waals surface area contributed by atoms with E-state index in [-0.39, 0.29) is 6.61 Å². The van der Waals surface area contributed by atoms with Gasteiger partial charge in [-0.25, -0.2) is 0 Å². The van der Waals surface area contributed by atoms with Gasteiger partial charge in [0.25, 0.3) is 0 Å². The zero-order valence-electron chi connectivity index (χ0n) is 10.7. The van der Waals surface area contributed by atoms with Gasteiger partial charge in [-0.15, -0.1) is 0 Å². The maximum atomic E-state index is 9.59. The van der Waals surface area contributed by atoms with Crippen LogP contribution in [0.5, 0.6) is 0 Å². The van der Waals surface area contributed by atoms with Crippen LogP contribution in [0, 0.1) is 0 Å². The molecule has 0 spiro atoms. The van der Waals surface area contributed by atoms with Gasteiger partial charge in [-0.3, -0.25) is 0 Å². The van der Waals surface area contributed by atoms with Crippen molar-refractivity contribution in [3.63, 3.8) is 0 Å². The van der Waals surface area contributed by atoms with Gasteiger partial charge in [-0.05, 0) is 22.9 Å². The fraction of sp³-hybridized carbons (Fsp3) is 0.636. The molecule has 0 bridgehead atoms. The lowest BCUT2D eigenvalue weighted by Gasteiger charge is -2.12. The number of aliphatic hydroxyl groups excluding tert-OH is 1. The minimum absolute atomic E-state index is 0.131. The van der Waals surface area contributed by atoms with E-state index in [1.165, 1.54) is 0 Å². The molecule has 2 N–H and O–H groups in total. The molecule has 0 fully saturated rings. The van der Waals surface area contributed by atoms with Gasteiger partial charge in [-0.1, -0.05) is 24.2 Å². The van der Waals surface area contributed by atoms with Gasteiger partial charge >= 0.3 is 0 Å². The molecule has 0 aliphatic carbocycles. The summed E-state index contributed by atoms with van der Waals surface area (Å²) in [6.45, 7) is 6.37. The molecule has 0 saturated carbocycles. The molecule has 102 valence electrons. The van der Waals surface area contributed by atoms with Gasteiger partial charge in [0.15, 0.2) is 5.76 Å². The van der Waals surface area contributed by atoms with Crippen molar-refractivity contribution >= 4 is 21.6 Å². The first kappa shape index (κ1) is 15.1. The number of hydrogen-bond donors (Lipinski definition) is 2. The Labute approximate surface area is 114 Å². The number of nitrogens with zero attached hydrogens (tertiary/aromatic N) is 2. The van der Waals surface area contributed by atoms with Crippen LogP contribution in [0.3, 0.4) is 0 Å². The molecule has 0 aliphatic rings. The first-order valence-electron chi connectivity index (χ1n) is 5.69. The largest absolute Gasteiger partial charge is 0.393 e. The molecule has 1 heterocycles. The topological polar surface area (TPSA) is 79.9 Å². The molecule has 1 rings (SSSR count). The van der Waals surface area contributed by atoms with Crippen molar-refractivity contribution in [2.45, 2.75) is 32.9 Å². The van der Waals surface area contributed by atoms with E-state index in [1.807, 2.05) is 13.8 Å². The van der Waals surface area contributed by atoms with Crippen LogP contribution in [0.1, 0.15) is 26.5 Å². The highest BCUT2D eigenvalue weighted by molar-refractivity contribution is 9.10. The zero-order valence-corrected chi connectivity index (χ0v) is 12.3. The van der Waals surface area contributed by atoms with Crippen LogP contribution in [0.4, 0.5) is 0 Å². The molecule has 1 unspecified atom stereocenters. The summed E-state index contributed by atoms with van der Waals surface area (Å²) in [6.07, 6.45) is -0.592. The number of aromatic nitrogens is 1. The van der Waals surface area contributed by atoms with Crippen LogP contribution in [0.2, 0.25) is 0 Å². The molecule has 1 atom stereocenters. The van der Waals surface area contributed by atoms with Crippen LogP contribution in [0.15, 0.2) is 20.3 Å². The summed E-state index contributed by atoms with van der Waals surface area (Å²) < 4.78 is 5.58. The SMILES string of the molecule is C/C(=N\OCC(O)CNC(C)C)c1cc(Br)no1. The standard InChI is InChI=1S/C11H18BrN3O3/c1-7(2)13-5-9(16)6-17-14-8(3)10-4-11(12)15-18-10/h4,7,9,13,16H,5-6H2,1-3H3/b14-8+. The molecule has 0 aliphatic heterocycles. The summed E-state index contributed by atoms with van der Waals surface area (Å²) in [5.41, 5.74) is 0.567. The highest BCUT2D eigenvalue weighted by atomic mass is 79.9. The summed E-state index contributed by atoms with van der Waals surface area (Å²) in [5, 5.41) is 20.2. The van der Waals surface area contributed by atoms with Gasteiger partial charge < -0.3 is 19.8 Å². The predicted molar refractivity (Wildman–Crippen MR) is 71.5 cm³/mol. The number of aliphatic hydroxyl groups is 1. The average molecular weight is 320 g/mol. The lowest BCUT2D eigenvalue weighted by Crippen LogP contribution is -2.34. The fourth-order valence-electron chi connectivity index (χ4n) is 1.12. The Kier molecular flexibility index (Phi) is 6.31. The summed E-state index contributed by atoms with van der Waals surface area (Å²) >= 11 is 3.18. The lowest BCUT2D eigenvalue weighted by molar-refractivity contribution is 0.0392. The van der Waals surface area contributed by atoms with Crippen molar-refractivity contribution in [1.29, 1.82) is 0 Å². The van der Waals surface area contributed by atoms with Crippen molar-refractivity contribution in [2.24, 2.45) is 5.16 Å². The zero-order chi connectivity index (χ0) is 13.5. The average Bonchev–Trinajstić information content (AvgIpc) is 2.73. The number of oxime groups is 1. The van der Waals surface area contributed by atoms with Crippen molar-refractivity contribution in [1.82, 2.24) is 10.5 Å². The number of hydrogen-bond acceptors (Lipinski definition) is 6. The summed E-state index contributed by atoms with van der Waals surface area (Å²) in [4.78, 5) is 5.05. The Balaban J connectivity index is 2.31. The van der Waals surface area contributed by atoms with E-state index in [0.717, 1.165) is 0 Å². The summed E-state index contributed by atoms with van der Waals surface area (Å²) in [5.74, 6) is 0.525. The lowest BCUT2D eigenvalue weighted by atomic mass is 10.3. The quantitative estimate of drug-likeness (QED) is 0.588. The van der Waals surface area contributed by atoms with Crippen LogP contribution >= 0.6 is 15.9 Å². The van der Waals surface area contributed by atoms with Crippen LogP contribution in [-0.4, -0.2) is 41.3 Å². The third-order valence-corrected chi connectivity index (χ3v) is 2.44. The maximum absolute atomic E-state index is 9.59. The van der Waals surface area contributed by atoms with Crippen LogP contribution in [-0.2, 0) is 4.84 Å². The monoisotopic (exact) mass is 319 g/mol. The minimum Gasteiger partial charge on any atom is -0.393 e. The van der Waals surface area contributed by atoms with Crippen molar-refractivity contribution in [3.05, 3.63) is 16.4 Å². The third-order valence-electron chi connectivity index (χ3n) is 2.07. The summed E-state index contributed by atoms with van der Waals surface area (Å²) in [7, 11) is 0. The number of halogens is 1. The third kappa shape index (κ3) is 5.61. The molecule has 0 amide bonds. The molecule has 7 heteroatoms. The Morgan fingerprint density at radius 3 is 2.94 bits per heavy atom. The first-order chi connectivity index (χ1) is 8.49. The van der Waals surface area contributed by atoms with Crippen molar-refractivity contribution < 1.29 is 14.5 Å². The molecule has 0 aromatic carbocycles. The second-order valence-corrected chi connectivity index (χ2v) is 5.02. The Bertz CT molecular complexity index is 393. The normalized spacial score (nSPS) is 14.0. The van der Waals surface area contributed by atoms with E-state index in [4.69, 9.17) is 9.36 Å². The molecule has 0 saturated heterocycles. The maximum Gasteiger partial charge on any atom is 0.185 e. The van der Waals surface area contributed by atoms with Gasteiger partial charge in [0.1, 0.15) is 23.0 Å². The molecular formula is C11H18BrN3O3. The van der Waals surface area contributed by atoms with Gasteiger partial charge in [-0.2, -0.15) is 0 Å². The van der Waals surface area contributed by atoms with E-state index in [9.17, 15) is 5.11 Å². The summed E-state index contributed by atoms with van der Waals surface area (Å²) in [6, 6.07) is 2.02. The van der Waals surface area contributed by atoms with Crippen LogP contribution in [0.25, 0.3) is 0 Å². The highest BCUT2D eigenvalue weighted by Gasteiger charge is 2.08. The fourth-order valence-corrected chi connectivity index (χ4v) is 1.40. The second-order valence-electron chi connectivity index (χ2n) is 4.20. The van der Waals surface area contributed by atoms with E-state index < -0.39 is 6.10 Å². The smallest absolute Gasteiger partial charge is 0.185 e. The van der Waals surface area contributed by atoms with Gasteiger partial charge in [0, 0.05) is 18.7 Å². The van der Waals surface area contributed by atoms with Crippen molar-refractivity contribution in [2.75, 3.05) is 13.2 Å². The van der Waals surface area contributed by atoms with E-state index in [0.29, 0.717) is 28.7 Å². The molecule has 1 aromatic rings. The van der Waals surface area contributed by atoms with Gasteiger partial charge in [0.05, 0.1) is 0 Å². The predicted octanol–water partition coefficient (Wildman–Crippen LogP) is 1.54. The Morgan fingerprint density at radius 1 is 1.67 bits per heavy atom. The van der Waals surface area contributed by atoms with E-state index in [1.54, 1.807) is 13.0 Å². The van der Waals surface area contributed by atoms with E-state index in [2.05, 4.69) is 31.6 Å². The van der Waals surface area contributed by atoms with Gasteiger partial charge in [0.2, 0.25) is 0 Å². The van der Waals surface area contributed by atoms with Crippen LogP contribution < -0.4 is 5.32 Å². The molecule has 0 radical (unpaired) electrons. The molecule has 18 heavy (non-hydrogen) atoms. The number of nitrogens with one attached hydrogen (secondary N) is 1. The molecule has 1 aromatic heterocycles. The number of rotatable bonds is 7. The Hall–Kier alpha value is -0.920. The first-order valence-corrected chi connectivity index (χ1v) is 6.49. The van der Waals surface area contributed by atoms with Crippen molar-refractivity contribution in [3.8, 4) is 0 Å². The van der Waals surface area contributed by atoms with E-state index >= 15 is 0 Å². The molecule has 6 nitrogen and oxygen atoms in total. The second kappa shape index (κ2) is 7.50. The Morgan fingerprint density at radius 2 is 2.39 bits per heavy atom. The molecular weight excluding hydrogens is 302 g/mol.